The summed E-state index contributed by atoms with van der Waals surface area (Å²) >= 11 is 0. The third kappa shape index (κ3) is 7.55. The molecule has 0 aromatic rings. The molecule has 5 nitrogen and oxygen atoms in total. The van der Waals surface area contributed by atoms with Crippen LogP contribution in [0.1, 0.15) is 6.92 Å². The monoisotopic (exact) mass is 209 g/mol. The number of hydrogen-bond donors (Lipinski definition) is 2. The maximum atomic E-state index is 11.0. The second-order valence-corrected chi connectivity index (χ2v) is 2.46. The van der Waals surface area contributed by atoms with Crippen molar-refractivity contribution in [1.82, 2.24) is 15.5 Å². The lowest BCUT2D eigenvalue weighted by Gasteiger charge is -2.12. The van der Waals surface area contributed by atoms with Crippen molar-refractivity contribution in [3.63, 3.8) is 0 Å². The summed E-state index contributed by atoms with van der Waals surface area (Å²) in [7, 11) is 3.27. The zero-order valence-electron chi connectivity index (χ0n) is 8.09. The van der Waals surface area contributed by atoms with Crippen molar-refractivity contribution in [1.29, 1.82) is 0 Å². The van der Waals surface area contributed by atoms with Gasteiger partial charge < -0.3 is 5.32 Å². The zero-order chi connectivity index (χ0) is 9.56. The Kier molecular flexibility index (Phi) is 8.84. The minimum atomic E-state index is -0.468. The van der Waals surface area contributed by atoms with Crippen molar-refractivity contribution in [3.8, 4) is 0 Å². The van der Waals surface area contributed by atoms with Crippen LogP contribution < -0.4 is 10.6 Å². The molecule has 0 saturated carbocycles. The number of carbonyl (C=O) groups is 2. The van der Waals surface area contributed by atoms with Gasteiger partial charge in [-0.15, -0.1) is 12.4 Å². The van der Waals surface area contributed by atoms with Gasteiger partial charge in [-0.25, -0.2) is 4.79 Å². The summed E-state index contributed by atoms with van der Waals surface area (Å²) in [5, 5.41) is 4.46. The molecule has 0 bridgehead atoms. The minimum absolute atomic E-state index is 0. The van der Waals surface area contributed by atoms with Crippen LogP contribution in [0.5, 0.6) is 0 Å². The third-order valence-electron chi connectivity index (χ3n) is 1.43. The standard InChI is InChI=1S/C7H15N3O2.ClH/c1-4-10(3)5-6(11)9-7(12)8-2;/h4-5H2,1-3H3,(H2,8,9,11,12);1H. The highest BCUT2D eigenvalue weighted by Gasteiger charge is 2.06. The van der Waals surface area contributed by atoms with Crippen LogP contribution in [0.2, 0.25) is 0 Å². The van der Waals surface area contributed by atoms with Crippen LogP contribution in [0.3, 0.4) is 0 Å². The fourth-order valence-electron chi connectivity index (χ4n) is 0.586. The molecule has 2 N–H and O–H groups in total. The molecular formula is C7H16ClN3O2. The molecule has 0 aliphatic carbocycles. The number of hydrogen-bond acceptors (Lipinski definition) is 3. The molecule has 0 aliphatic heterocycles. The second kappa shape index (κ2) is 7.82. The molecule has 0 rings (SSSR count). The van der Waals surface area contributed by atoms with Crippen LogP contribution in [0, 0.1) is 0 Å². The summed E-state index contributed by atoms with van der Waals surface area (Å²) in [4.78, 5) is 23.4. The first kappa shape index (κ1) is 14.7. The van der Waals surface area contributed by atoms with Crippen LogP contribution in [-0.2, 0) is 4.79 Å². The first-order valence-corrected chi connectivity index (χ1v) is 3.80. The quantitative estimate of drug-likeness (QED) is 0.678. The van der Waals surface area contributed by atoms with Gasteiger partial charge in [-0.05, 0) is 13.6 Å². The molecule has 0 fully saturated rings. The predicted octanol–water partition coefficient (Wildman–Crippen LogP) is -0.185. The van der Waals surface area contributed by atoms with Crippen LogP contribution >= 0.6 is 12.4 Å². The van der Waals surface area contributed by atoms with Gasteiger partial charge in [0, 0.05) is 7.05 Å². The number of carbonyl (C=O) groups excluding carboxylic acids is 2. The molecule has 13 heavy (non-hydrogen) atoms. The number of nitrogens with zero attached hydrogens (tertiary/aromatic N) is 1. The van der Waals surface area contributed by atoms with E-state index < -0.39 is 6.03 Å². The first-order valence-electron chi connectivity index (χ1n) is 3.80. The van der Waals surface area contributed by atoms with Crippen molar-refractivity contribution < 1.29 is 9.59 Å². The van der Waals surface area contributed by atoms with Crippen molar-refractivity contribution in [2.24, 2.45) is 0 Å². The number of rotatable bonds is 3. The molecule has 0 heterocycles. The Balaban J connectivity index is 0. The lowest BCUT2D eigenvalue weighted by Crippen LogP contribution is -2.42. The summed E-state index contributed by atoms with van der Waals surface area (Å²) in [6.07, 6.45) is 0. The van der Waals surface area contributed by atoms with E-state index in [4.69, 9.17) is 0 Å². The molecule has 0 aromatic heterocycles. The largest absolute Gasteiger partial charge is 0.341 e. The Morgan fingerprint density at radius 3 is 2.31 bits per heavy atom. The maximum Gasteiger partial charge on any atom is 0.321 e. The Morgan fingerprint density at radius 1 is 1.38 bits per heavy atom. The van der Waals surface area contributed by atoms with Gasteiger partial charge in [-0.3, -0.25) is 15.0 Å². The van der Waals surface area contributed by atoms with Gasteiger partial charge in [0.15, 0.2) is 0 Å². The Labute approximate surface area is 84.3 Å². The van der Waals surface area contributed by atoms with Crippen LogP contribution in [-0.4, -0.2) is 44.0 Å². The van der Waals surface area contributed by atoms with E-state index >= 15 is 0 Å². The number of imide groups is 1. The summed E-state index contributed by atoms with van der Waals surface area (Å²) < 4.78 is 0. The van der Waals surface area contributed by atoms with E-state index in [0.717, 1.165) is 6.54 Å². The van der Waals surface area contributed by atoms with E-state index in [9.17, 15) is 9.59 Å². The first-order chi connectivity index (χ1) is 5.60. The molecule has 6 heteroatoms. The van der Waals surface area contributed by atoms with Crippen molar-refractivity contribution in [2.75, 3.05) is 27.2 Å². The Morgan fingerprint density at radius 2 is 1.92 bits per heavy atom. The van der Waals surface area contributed by atoms with E-state index in [-0.39, 0.29) is 24.9 Å². The van der Waals surface area contributed by atoms with Crippen molar-refractivity contribution in [3.05, 3.63) is 0 Å². The summed E-state index contributed by atoms with van der Waals surface area (Å²) in [5.74, 6) is -0.293. The van der Waals surface area contributed by atoms with Gasteiger partial charge in [0.25, 0.3) is 0 Å². The molecule has 0 aliphatic rings. The van der Waals surface area contributed by atoms with Crippen LogP contribution in [0.25, 0.3) is 0 Å². The number of nitrogens with one attached hydrogen (secondary N) is 2. The van der Waals surface area contributed by atoms with E-state index in [0.29, 0.717) is 0 Å². The number of amides is 3. The van der Waals surface area contributed by atoms with E-state index in [2.05, 4.69) is 10.6 Å². The average Bonchev–Trinajstić information content (AvgIpc) is 2.03. The fraction of sp³-hybridized carbons (Fsp3) is 0.714. The number of halogens is 1. The molecule has 0 spiro atoms. The van der Waals surface area contributed by atoms with Gasteiger partial charge in [0.05, 0.1) is 6.54 Å². The van der Waals surface area contributed by atoms with Gasteiger partial charge in [0.2, 0.25) is 5.91 Å². The van der Waals surface area contributed by atoms with E-state index in [1.807, 2.05) is 14.0 Å². The van der Waals surface area contributed by atoms with Crippen LogP contribution in [0.4, 0.5) is 4.79 Å². The lowest BCUT2D eigenvalue weighted by atomic mass is 10.5. The van der Waals surface area contributed by atoms with Crippen molar-refractivity contribution in [2.45, 2.75) is 6.92 Å². The molecule has 3 amide bonds. The highest BCUT2D eigenvalue weighted by Crippen LogP contribution is 1.79. The molecule has 0 radical (unpaired) electrons. The molecule has 0 saturated heterocycles. The lowest BCUT2D eigenvalue weighted by molar-refractivity contribution is -0.120. The minimum Gasteiger partial charge on any atom is -0.341 e. The van der Waals surface area contributed by atoms with Gasteiger partial charge >= 0.3 is 6.03 Å². The SMILES string of the molecule is CCN(C)CC(=O)NC(=O)NC.Cl. The van der Waals surface area contributed by atoms with Gasteiger partial charge in [-0.2, -0.15) is 0 Å². The zero-order valence-corrected chi connectivity index (χ0v) is 8.90. The predicted molar refractivity (Wildman–Crippen MR) is 53.0 cm³/mol. The van der Waals surface area contributed by atoms with Crippen LogP contribution in [0.15, 0.2) is 0 Å². The number of urea groups is 1. The molecule has 0 atom stereocenters. The van der Waals surface area contributed by atoms with Gasteiger partial charge in [0.1, 0.15) is 0 Å². The normalized spacial score (nSPS) is 8.92. The highest BCUT2D eigenvalue weighted by molar-refractivity contribution is 5.95. The van der Waals surface area contributed by atoms with E-state index in [1.54, 1.807) is 4.90 Å². The van der Waals surface area contributed by atoms with Gasteiger partial charge in [-0.1, -0.05) is 6.92 Å². The van der Waals surface area contributed by atoms with Crippen molar-refractivity contribution >= 4 is 24.3 Å². The molecule has 0 unspecified atom stereocenters. The highest BCUT2D eigenvalue weighted by atomic mass is 35.5. The Bertz CT molecular complexity index is 175. The summed E-state index contributed by atoms with van der Waals surface area (Å²) in [6, 6.07) is -0.468. The summed E-state index contributed by atoms with van der Waals surface area (Å²) in [5.41, 5.74) is 0. The molecule has 0 aromatic carbocycles. The molecular weight excluding hydrogens is 194 g/mol. The topological polar surface area (TPSA) is 61.4 Å². The Hall–Kier alpha value is -0.810. The smallest absolute Gasteiger partial charge is 0.321 e. The third-order valence-corrected chi connectivity index (χ3v) is 1.43. The fourth-order valence-corrected chi connectivity index (χ4v) is 0.586. The molecule has 78 valence electrons. The average molecular weight is 210 g/mol. The summed E-state index contributed by atoms with van der Waals surface area (Å²) in [6.45, 7) is 2.96. The number of likely N-dealkylation sites (N-methyl/N-ethyl adjacent to an activating group) is 1. The maximum absolute atomic E-state index is 11.0. The second-order valence-electron chi connectivity index (χ2n) is 2.46. The van der Waals surface area contributed by atoms with E-state index in [1.165, 1.54) is 7.05 Å².